The Morgan fingerprint density at radius 3 is 3.12 bits per heavy atom. The normalized spacial score (nSPS) is 25.3. The van der Waals surface area contributed by atoms with Gasteiger partial charge in [0.2, 0.25) is 0 Å². The average Bonchev–Trinajstić information content (AvgIpc) is 3.29. The maximum Gasteiger partial charge on any atom is 0.263 e. The molecule has 2 aromatic rings. The fourth-order valence-electron chi connectivity index (χ4n) is 4.37. The second-order valence-electron chi connectivity index (χ2n) is 7.40. The Hall–Kier alpha value is -1.72. The molecule has 0 radical (unpaired) electrons. The molecule has 5 heteroatoms. The Bertz CT molecular complexity index is 745. The molecule has 2 fully saturated rings. The Morgan fingerprint density at radius 1 is 1.44 bits per heavy atom. The summed E-state index contributed by atoms with van der Waals surface area (Å²) >= 11 is 1.60. The molecule has 25 heavy (non-hydrogen) atoms. The Balaban J connectivity index is 1.41. The molecular weight excluding hydrogens is 332 g/mol. The summed E-state index contributed by atoms with van der Waals surface area (Å²) in [6, 6.07) is 7.97. The Morgan fingerprint density at radius 2 is 2.36 bits per heavy atom. The van der Waals surface area contributed by atoms with Crippen molar-refractivity contribution < 1.29 is 9.53 Å². The van der Waals surface area contributed by atoms with Crippen molar-refractivity contribution >= 4 is 17.2 Å². The van der Waals surface area contributed by atoms with Gasteiger partial charge in [0.1, 0.15) is 0 Å². The number of carbonyl (C=O) groups is 1. The van der Waals surface area contributed by atoms with E-state index >= 15 is 0 Å². The second-order valence-corrected chi connectivity index (χ2v) is 8.69. The molecule has 1 aliphatic heterocycles. The molecule has 2 aromatic heterocycles. The van der Waals surface area contributed by atoms with E-state index < -0.39 is 0 Å². The lowest BCUT2D eigenvalue weighted by Crippen LogP contribution is -2.34. The van der Waals surface area contributed by atoms with E-state index in [4.69, 9.17) is 4.74 Å². The number of likely N-dealkylation sites (tertiary alicyclic amines) is 1. The molecule has 0 unspecified atom stereocenters. The van der Waals surface area contributed by atoms with Gasteiger partial charge in [-0.1, -0.05) is 12.5 Å². The van der Waals surface area contributed by atoms with Crippen LogP contribution in [0, 0.1) is 18.3 Å². The molecule has 0 spiro atoms. The van der Waals surface area contributed by atoms with Crippen molar-refractivity contribution in [2.45, 2.75) is 32.8 Å². The number of thiophene rings is 1. The van der Waals surface area contributed by atoms with Crippen LogP contribution < -0.4 is 0 Å². The van der Waals surface area contributed by atoms with E-state index in [-0.39, 0.29) is 11.3 Å². The third-order valence-corrected chi connectivity index (χ3v) is 6.65. The van der Waals surface area contributed by atoms with Crippen LogP contribution in [0.25, 0.3) is 0 Å². The van der Waals surface area contributed by atoms with Crippen molar-refractivity contribution in [3.8, 4) is 0 Å². The lowest BCUT2D eigenvalue weighted by Gasteiger charge is -2.28. The summed E-state index contributed by atoms with van der Waals surface area (Å²) in [4.78, 5) is 21.1. The standard InChI is InChI=1S/C20H24N2O2S/c1-15-6-7-18(25-15)19(23)22-11-17-5-2-8-20(17,13-22)14-24-12-16-4-3-9-21-10-16/h3-4,6-7,9-10,17H,2,5,8,11-14H2,1H3/t17-,20+/m0/s1. The number of aryl methyl sites for hydroxylation is 1. The molecule has 0 bridgehead atoms. The zero-order valence-corrected chi connectivity index (χ0v) is 15.4. The summed E-state index contributed by atoms with van der Waals surface area (Å²) < 4.78 is 6.07. The van der Waals surface area contributed by atoms with E-state index in [9.17, 15) is 4.79 Å². The number of amides is 1. The van der Waals surface area contributed by atoms with Crippen molar-refractivity contribution in [3.05, 3.63) is 52.0 Å². The number of fused-ring (bicyclic) bond motifs is 1. The number of pyridine rings is 1. The predicted molar refractivity (Wildman–Crippen MR) is 98.6 cm³/mol. The van der Waals surface area contributed by atoms with Crippen LogP contribution in [0.1, 0.15) is 39.4 Å². The van der Waals surface area contributed by atoms with Gasteiger partial charge >= 0.3 is 0 Å². The quantitative estimate of drug-likeness (QED) is 0.816. The molecule has 2 aliphatic rings. The van der Waals surface area contributed by atoms with Crippen LogP contribution in [-0.4, -0.2) is 35.5 Å². The molecule has 0 N–H and O–H groups in total. The first-order chi connectivity index (χ1) is 12.2. The molecule has 1 saturated heterocycles. The fraction of sp³-hybridized carbons (Fsp3) is 0.500. The minimum Gasteiger partial charge on any atom is -0.376 e. The molecule has 1 aliphatic carbocycles. The first-order valence-electron chi connectivity index (χ1n) is 8.99. The maximum atomic E-state index is 12.8. The third-order valence-electron chi connectivity index (χ3n) is 5.66. The highest BCUT2D eigenvalue weighted by Gasteiger charge is 2.50. The molecule has 1 saturated carbocycles. The minimum atomic E-state index is 0.143. The van der Waals surface area contributed by atoms with Gasteiger partial charge in [0.05, 0.1) is 18.1 Å². The van der Waals surface area contributed by atoms with Gasteiger partial charge in [0.15, 0.2) is 0 Å². The van der Waals surface area contributed by atoms with E-state index in [0.717, 1.165) is 36.6 Å². The van der Waals surface area contributed by atoms with E-state index in [1.807, 2.05) is 37.4 Å². The monoisotopic (exact) mass is 356 g/mol. The minimum absolute atomic E-state index is 0.143. The number of hydrogen-bond acceptors (Lipinski definition) is 4. The SMILES string of the molecule is Cc1ccc(C(=O)N2C[C@@H]3CCC[C@]3(COCc3cccnc3)C2)s1. The maximum absolute atomic E-state index is 12.8. The first kappa shape index (κ1) is 16.7. The zero-order valence-electron chi connectivity index (χ0n) is 14.6. The van der Waals surface area contributed by atoms with Crippen LogP contribution in [0.5, 0.6) is 0 Å². The van der Waals surface area contributed by atoms with Crippen molar-refractivity contribution in [1.82, 2.24) is 9.88 Å². The lowest BCUT2D eigenvalue weighted by molar-refractivity contribution is 0.0265. The highest BCUT2D eigenvalue weighted by Crippen LogP contribution is 2.49. The van der Waals surface area contributed by atoms with E-state index in [1.54, 1.807) is 17.5 Å². The Kier molecular flexibility index (Phi) is 4.61. The van der Waals surface area contributed by atoms with Crippen molar-refractivity contribution in [2.24, 2.45) is 11.3 Å². The molecular formula is C20H24N2O2S. The predicted octanol–water partition coefficient (Wildman–Crippen LogP) is 3.91. The number of rotatable bonds is 5. The highest BCUT2D eigenvalue weighted by molar-refractivity contribution is 7.13. The van der Waals surface area contributed by atoms with Gasteiger partial charge in [0.25, 0.3) is 5.91 Å². The van der Waals surface area contributed by atoms with Crippen LogP contribution in [0.4, 0.5) is 0 Å². The summed E-state index contributed by atoms with van der Waals surface area (Å²) in [7, 11) is 0. The average molecular weight is 356 g/mol. The summed E-state index contributed by atoms with van der Waals surface area (Å²) in [6.45, 7) is 5.10. The third kappa shape index (κ3) is 3.35. The molecule has 132 valence electrons. The fourth-order valence-corrected chi connectivity index (χ4v) is 5.20. The Labute approximate surface area is 152 Å². The van der Waals surface area contributed by atoms with Gasteiger partial charge < -0.3 is 9.64 Å². The molecule has 3 heterocycles. The van der Waals surface area contributed by atoms with E-state index in [0.29, 0.717) is 12.5 Å². The van der Waals surface area contributed by atoms with Crippen molar-refractivity contribution in [3.63, 3.8) is 0 Å². The van der Waals surface area contributed by atoms with Crippen LogP contribution in [-0.2, 0) is 11.3 Å². The van der Waals surface area contributed by atoms with Crippen molar-refractivity contribution in [1.29, 1.82) is 0 Å². The summed E-state index contributed by atoms with van der Waals surface area (Å²) in [5, 5.41) is 0. The number of aromatic nitrogens is 1. The number of ether oxygens (including phenoxy) is 1. The van der Waals surface area contributed by atoms with Crippen LogP contribution in [0.15, 0.2) is 36.7 Å². The molecule has 4 rings (SSSR count). The number of hydrogen-bond donors (Lipinski definition) is 0. The summed E-state index contributed by atoms with van der Waals surface area (Å²) in [6.07, 6.45) is 7.26. The van der Waals surface area contributed by atoms with E-state index in [1.165, 1.54) is 17.7 Å². The molecule has 1 amide bonds. The first-order valence-corrected chi connectivity index (χ1v) is 9.80. The molecule has 4 nitrogen and oxygen atoms in total. The van der Waals surface area contributed by atoms with Crippen LogP contribution in [0.2, 0.25) is 0 Å². The highest BCUT2D eigenvalue weighted by atomic mass is 32.1. The largest absolute Gasteiger partial charge is 0.376 e. The van der Waals surface area contributed by atoms with Gasteiger partial charge in [-0.25, -0.2) is 0 Å². The lowest BCUT2D eigenvalue weighted by atomic mass is 9.81. The summed E-state index contributed by atoms with van der Waals surface area (Å²) in [5.41, 5.74) is 1.25. The van der Waals surface area contributed by atoms with Gasteiger partial charge in [-0.2, -0.15) is 0 Å². The molecule has 0 aromatic carbocycles. The number of nitrogens with zero attached hydrogens (tertiary/aromatic N) is 2. The van der Waals surface area contributed by atoms with Gasteiger partial charge in [-0.3, -0.25) is 9.78 Å². The topological polar surface area (TPSA) is 42.4 Å². The van der Waals surface area contributed by atoms with Crippen LogP contribution in [0.3, 0.4) is 0 Å². The zero-order chi connectivity index (χ0) is 17.3. The van der Waals surface area contributed by atoms with Gasteiger partial charge in [0, 0.05) is 35.8 Å². The number of carbonyl (C=O) groups excluding carboxylic acids is 1. The smallest absolute Gasteiger partial charge is 0.263 e. The van der Waals surface area contributed by atoms with E-state index in [2.05, 4.69) is 9.88 Å². The van der Waals surface area contributed by atoms with Gasteiger partial charge in [-0.05, 0) is 49.4 Å². The second kappa shape index (κ2) is 6.89. The van der Waals surface area contributed by atoms with Crippen LogP contribution >= 0.6 is 11.3 Å². The van der Waals surface area contributed by atoms with Gasteiger partial charge in [-0.15, -0.1) is 11.3 Å². The van der Waals surface area contributed by atoms with Crippen molar-refractivity contribution in [2.75, 3.05) is 19.7 Å². The summed E-state index contributed by atoms with van der Waals surface area (Å²) in [5.74, 6) is 0.769. The molecule has 2 atom stereocenters.